The molecule has 2 rings (SSSR count). The maximum absolute atomic E-state index is 12.1. The van der Waals surface area contributed by atoms with Crippen LogP contribution in [0.4, 0.5) is 5.69 Å². The second-order valence-electron chi connectivity index (χ2n) is 4.28. The van der Waals surface area contributed by atoms with Crippen LogP contribution in [0.2, 0.25) is 5.02 Å². The van der Waals surface area contributed by atoms with E-state index in [2.05, 4.69) is 20.7 Å². The second kappa shape index (κ2) is 6.61. The summed E-state index contributed by atoms with van der Waals surface area (Å²) in [5, 5.41) is 0.481. The first-order valence-electron chi connectivity index (χ1n) is 5.96. The molecule has 0 heterocycles. The number of hydrogen-bond donors (Lipinski definition) is 1. The molecule has 0 aliphatic rings. The smallest absolute Gasteiger partial charge is 0.233 e. The van der Waals surface area contributed by atoms with E-state index in [9.17, 15) is 8.42 Å². The van der Waals surface area contributed by atoms with Crippen LogP contribution in [-0.4, -0.2) is 14.2 Å². The fourth-order valence-corrected chi connectivity index (χ4v) is 3.45. The Morgan fingerprint density at radius 2 is 1.80 bits per heavy atom. The Balaban J connectivity index is 2.06. The number of rotatable bonds is 5. The van der Waals surface area contributed by atoms with Crippen LogP contribution in [0.15, 0.2) is 53.0 Å². The van der Waals surface area contributed by atoms with E-state index < -0.39 is 10.0 Å². The van der Waals surface area contributed by atoms with E-state index in [0.29, 0.717) is 21.6 Å². The summed E-state index contributed by atoms with van der Waals surface area (Å²) < 4.78 is 27.3. The molecule has 1 N–H and O–H groups in total. The van der Waals surface area contributed by atoms with E-state index >= 15 is 0 Å². The molecule has 0 radical (unpaired) electrons. The molecule has 106 valence electrons. The first-order valence-corrected chi connectivity index (χ1v) is 8.78. The first-order chi connectivity index (χ1) is 9.46. The molecule has 0 atom stereocenters. The number of hydrogen-bond acceptors (Lipinski definition) is 2. The number of benzene rings is 2. The molecule has 0 aromatic heterocycles. The molecule has 3 nitrogen and oxygen atoms in total. The van der Waals surface area contributed by atoms with Crippen LogP contribution >= 0.6 is 27.5 Å². The Morgan fingerprint density at radius 3 is 2.50 bits per heavy atom. The number of nitrogens with one attached hydrogen (secondary N) is 1. The van der Waals surface area contributed by atoms with Crippen LogP contribution in [0, 0.1) is 0 Å². The lowest BCUT2D eigenvalue weighted by Crippen LogP contribution is -2.18. The van der Waals surface area contributed by atoms with Crippen LogP contribution in [0.1, 0.15) is 5.56 Å². The van der Waals surface area contributed by atoms with Gasteiger partial charge in [0, 0.05) is 9.50 Å². The van der Waals surface area contributed by atoms with Gasteiger partial charge in [-0.15, -0.1) is 0 Å². The lowest BCUT2D eigenvalue weighted by Gasteiger charge is -2.10. The molecule has 2 aromatic carbocycles. The van der Waals surface area contributed by atoms with Gasteiger partial charge in [-0.1, -0.05) is 41.9 Å². The highest BCUT2D eigenvalue weighted by molar-refractivity contribution is 9.10. The molecule has 0 aliphatic carbocycles. The van der Waals surface area contributed by atoms with Gasteiger partial charge in [-0.25, -0.2) is 8.42 Å². The standard InChI is InChI=1S/C14H13BrClNO2S/c15-13-7-6-12(16)10-14(13)17-20(18,19)9-8-11-4-2-1-3-5-11/h1-7,10,17H,8-9H2. The Kier molecular flexibility index (Phi) is 5.07. The molecule has 0 aliphatic heterocycles. The summed E-state index contributed by atoms with van der Waals surface area (Å²) in [5.41, 5.74) is 1.44. The predicted molar refractivity (Wildman–Crippen MR) is 86.7 cm³/mol. The van der Waals surface area contributed by atoms with Crippen LogP contribution in [0.25, 0.3) is 0 Å². The zero-order valence-electron chi connectivity index (χ0n) is 10.5. The van der Waals surface area contributed by atoms with Gasteiger partial charge in [0.1, 0.15) is 0 Å². The van der Waals surface area contributed by atoms with Crippen molar-refractivity contribution < 1.29 is 8.42 Å². The summed E-state index contributed by atoms with van der Waals surface area (Å²) in [6.07, 6.45) is 0.467. The predicted octanol–water partition coefficient (Wildman–Crippen LogP) is 4.09. The number of aryl methyl sites for hydroxylation is 1. The quantitative estimate of drug-likeness (QED) is 0.857. The highest BCUT2D eigenvalue weighted by atomic mass is 79.9. The summed E-state index contributed by atoms with van der Waals surface area (Å²) in [7, 11) is -3.41. The Labute approximate surface area is 132 Å². The molecule has 0 fully saturated rings. The first kappa shape index (κ1) is 15.4. The molecule has 0 spiro atoms. The molecule has 0 unspecified atom stereocenters. The number of sulfonamides is 1. The normalized spacial score (nSPS) is 11.3. The van der Waals surface area contributed by atoms with Crippen molar-refractivity contribution in [2.75, 3.05) is 10.5 Å². The summed E-state index contributed by atoms with van der Waals surface area (Å²) in [6.45, 7) is 0. The van der Waals surface area contributed by atoms with Crippen molar-refractivity contribution in [2.24, 2.45) is 0 Å². The molecule has 0 bridgehead atoms. The molecule has 6 heteroatoms. The van der Waals surface area contributed by atoms with Gasteiger partial charge in [-0.2, -0.15) is 0 Å². The van der Waals surface area contributed by atoms with Gasteiger partial charge < -0.3 is 0 Å². The molecule has 0 saturated heterocycles. The van der Waals surface area contributed by atoms with Crippen molar-refractivity contribution in [1.82, 2.24) is 0 Å². The maximum Gasteiger partial charge on any atom is 0.233 e. The zero-order valence-corrected chi connectivity index (χ0v) is 13.7. The summed E-state index contributed by atoms with van der Waals surface area (Å²) in [4.78, 5) is 0. The van der Waals surface area contributed by atoms with Crippen LogP contribution in [0.3, 0.4) is 0 Å². The third kappa shape index (κ3) is 4.51. The lowest BCUT2D eigenvalue weighted by molar-refractivity contribution is 0.600. The van der Waals surface area contributed by atoms with Crippen LogP contribution in [0.5, 0.6) is 0 Å². The Hall–Kier alpha value is -1.04. The molecular weight excluding hydrogens is 362 g/mol. The topological polar surface area (TPSA) is 46.2 Å². The molecule has 20 heavy (non-hydrogen) atoms. The third-order valence-electron chi connectivity index (χ3n) is 2.70. The average molecular weight is 375 g/mol. The summed E-state index contributed by atoms with van der Waals surface area (Å²) >= 11 is 9.16. The van der Waals surface area contributed by atoms with E-state index in [-0.39, 0.29) is 5.75 Å². The van der Waals surface area contributed by atoms with Crippen molar-refractivity contribution in [3.05, 3.63) is 63.6 Å². The Morgan fingerprint density at radius 1 is 1.10 bits per heavy atom. The monoisotopic (exact) mass is 373 g/mol. The lowest BCUT2D eigenvalue weighted by atomic mass is 10.2. The van der Waals surface area contributed by atoms with Gasteiger partial charge in [0.25, 0.3) is 0 Å². The van der Waals surface area contributed by atoms with E-state index in [1.54, 1.807) is 18.2 Å². The van der Waals surface area contributed by atoms with Crippen LogP contribution < -0.4 is 4.72 Å². The van der Waals surface area contributed by atoms with Gasteiger partial charge in [0.05, 0.1) is 11.4 Å². The van der Waals surface area contributed by atoms with Gasteiger partial charge >= 0.3 is 0 Å². The highest BCUT2D eigenvalue weighted by Crippen LogP contribution is 2.26. The Bertz CT molecular complexity index is 690. The van der Waals surface area contributed by atoms with Crippen molar-refractivity contribution in [3.8, 4) is 0 Å². The largest absolute Gasteiger partial charge is 0.282 e. The molecule has 0 saturated carbocycles. The third-order valence-corrected chi connectivity index (χ3v) is 4.90. The van der Waals surface area contributed by atoms with E-state index in [1.807, 2.05) is 30.3 Å². The van der Waals surface area contributed by atoms with E-state index in [1.165, 1.54) is 0 Å². The highest BCUT2D eigenvalue weighted by Gasteiger charge is 2.13. The van der Waals surface area contributed by atoms with Crippen molar-refractivity contribution in [2.45, 2.75) is 6.42 Å². The second-order valence-corrected chi connectivity index (χ2v) is 7.41. The van der Waals surface area contributed by atoms with E-state index in [0.717, 1.165) is 5.56 Å². The maximum atomic E-state index is 12.1. The fourth-order valence-electron chi connectivity index (χ4n) is 1.69. The molecular formula is C14H13BrClNO2S. The number of anilines is 1. The van der Waals surface area contributed by atoms with Gasteiger partial charge in [-0.3, -0.25) is 4.72 Å². The minimum Gasteiger partial charge on any atom is -0.282 e. The summed E-state index contributed by atoms with van der Waals surface area (Å²) in [6, 6.07) is 14.5. The minimum atomic E-state index is -3.41. The van der Waals surface area contributed by atoms with E-state index in [4.69, 9.17) is 11.6 Å². The zero-order chi connectivity index (χ0) is 14.6. The van der Waals surface area contributed by atoms with Crippen molar-refractivity contribution in [1.29, 1.82) is 0 Å². The SMILES string of the molecule is O=S(=O)(CCc1ccccc1)Nc1cc(Cl)ccc1Br. The van der Waals surface area contributed by atoms with Crippen molar-refractivity contribution >= 4 is 43.2 Å². The van der Waals surface area contributed by atoms with Gasteiger partial charge in [0.15, 0.2) is 0 Å². The van der Waals surface area contributed by atoms with Crippen molar-refractivity contribution in [3.63, 3.8) is 0 Å². The number of halogens is 2. The molecule has 2 aromatic rings. The fraction of sp³-hybridized carbons (Fsp3) is 0.143. The van der Waals surface area contributed by atoms with Gasteiger partial charge in [0.2, 0.25) is 10.0 Å². The average Bonchev–Trinajstić information content (AvgIpc) is 2.42. The summed E-state index contributed by atoms with van der Waals surface area (Å²) in [5.74, 6) is 0.0238. The molecule has 0 amide bonds. The van der Waals surface area contributed by atoms with Crippen LogP contribution in [-0.2, 0) is 16.4 Å². The minimum absolute atomic E-state index is 0.0238. The van der Waals surface area contributed by atoms with Gasteiger partial charge in [-0.05, 0) is 46.1 Å².